The van der Waals surface area contributed by atoms with Crippen LogP contribution in [0.1, 0.15) is 52.1 Å². The number of nitrogens with one attached hydrogen (secondary N) is 2. The van der Waals surface area contributed by atoms with Crippen LogP contribution >= 0.6 is 11.6 Å². The van der Waals surface area contributed by atoms with Crippen molar-refractivity contribution >= 4 is 29.0 Å². The van der Waals surface area contributed by atoms with Crippen molar-refractivity contribution in [3.8, 4) is 0 Å². The van der Waals surface area contributed by atoms with Crippen LogP contribution in [0.5, 0.6) is 0 Å². The number of aromatic nitrogens is 2. The van der Waals surface area contributed by atoms with Gasteiger partial charge in [0, 0.05) is 24.2 Å². The predicted molar refractivity (Wildman–Crippen MR) is 126 cm³/mol. The number of carbonyl (C=O) groups is 1. The fourth-order valence-electron chi connectivity index (χ4n) is 3.33. The summed E-state index contributed by atoms with van der Waals surface area (Å²) >= 11 is 6.25. The van der Waals surface area contributed by atoms with Crippen LogP contribution in [0.25, 0.3) is 0 Å². The Balaban J connectivity index is 2.33. The van der Waals surface area contributed by atoms with Gasteiger partial charge in [0.25, 0.3) is 5.56 Å². The van der Waals surface area contributed by atoms with Crippen molar-refractivity contribution in [2.24, 2.45) is 5.92 Å². The molecular formula is C22H32ClN5O3. The molecule has 0 unspecified atom stereocenters. The van der Waals surface area contributed by atoms with Gasteiger partial charge in [0.2, 0.25) is 5.91 Å². The molecule has 0 aliphatic rings. The largest absolute Gasteiger partial charge is 0.383 e. The second kappa shape index (κ2) is 11.2. The van der Waals surface area contributed by atoms with Gasteiger partial charge in [-0.3, -0.25) is 19.1 Å². The molecule has 2 aromatic rings. The first-order valence-corrected chi connectivity index (χ1v) is 11.0. The van der Waals surface area contributed by atoms with Crippen LogP contribution in [0.15, 0.2) is 33.9 Å². The number of nitrogen functional groups attached to an aromatic ring is 1. The van der Waals surface area contributed by atoms with Crippen LogP contribution in [0.4, 0.5) is 11.5 Å². The van der Waals surface area contributed by atoms with Crippen LogP contribution in [-0.4, -0.2) is 28.5 Å². The van der Waals surface area contributed by atoms with Gasteiger partial charge in [0.1, 0.15) is 5.82 Å². The van der Waals surface area contributed by atoms with Crippen LogP contribution < -0.4 is 27.2 Å². The molecule has 0 radical (unpaired) electrons. The Morgan fingerprint density at radius 3 is 2.55 bits per heavy atom. The first kappa shape index (κ1) is 24.7. The number of hydrogen-bond acceptors (Lipinski definition) is 5. The molecule has 0 fully saturated rings. The number of unbranched alkanes of at least 4 members (excludes halogenated alkanes) is 1. The third-order valence-electron chi connectivity index (χ3n) is 5.00. The van der Waals surface area contributed by atoms with Crippen LogP contribution in [0.3, 0.4) is 0 Å². The Morgan fingerprint density at radius 1 is 1.26 bits per heavy atom. The first-order valence-electron chi connectivity index (χ1n) is 10.6. The van der Waals surface area contributed by atoms with Gasteiger partial charge in [-0.15, -0.1) is 0 Å². The van der Waals surface area contributed by atoms with E-state index in [0.717, 1.165) is 12.0 Å². The summed E-state index contributed by atoms with van der Waals surface area (Å²) < 4.78 is 1.31. The highest BCUT2D eigenvalue weighted by Crippen LogP contribution is 2.22. The molecule has 4 N–H and O–H groups in total. The number of carbonyl (C=O) groups excluding carboxylic acids is 1. The molecule has 1 heterocycles. The summed E-state index contributed by atoms with van der Waals surface area (Å²) in [6.45, 7) is 8.44. The summed E-state index contributed by atoms with van der Waals surface area (Å²) in [7, 11) is 0. The van der Waals surface area contributed by atoms with E-state index < -0.39 is 11.2 Å². The predicted octanol–water partition coefficient (Wildman–Crippen LogP) is 2.91. The number of aromatic amines is 1. The van der Waals surface area contributed by atoms with Gasteiger partial charge >= 0.3 is 5.69 Å². The molecule has 0 aliphatic heterocycles. The normalized spacial score (nSPS) is 12.2. The topological polar surface area (TPSA) is 113 Å². The van der Waals surface area contributed by atoms with Crippen molar-refractivity contribution in [2.45, 2.75) is 53.1 Å². The van der Waals surface area contributed by atoms with Crippen molar-refractivity contribution in [1.82, 2.24) is 14.9 Å². The Bertz CT molecular complexity index is 1010. The number of rotatable bonds is 10. The molecule has 31 heavy (non-hydrogen) atoms. The first-order chi connectivity index (χ1) is 14.7. The number of amides is 1. The molecule has 0 bridgehead atoms. The van der Waals surface area contributed by atoms with Crippen molar-refractivity contribution in [3.63, 3.8) is 0 Å². The molecule has 0 saturated carbocycles. The number of benzene rings is 1. The van der Waals surface area contributed by atoms with E-state index in [1.54, 1.807) is 6.07 Å². The molecule has 0 aliphatic carbocycles. The van der Waals surface area contributed by atoms with E-state index in [0.29, 0.717) is 24.5 Å². The Morgan fingerprint density at radius 2 is 1.94 bits per heavy atom. The minimum absolute atomic E-state index is 0.00561. The second-order valence-electron chi connectivity index (χ2n) is 8.02. The van der Waals surface area contributed by atoms with Gasteiger partial charge in [-0.05, 0) is 30.9 Å². The number of nitrogens with zero attached hydrogens (tertiary/aromatic N) is 2. The fourth-order valence-corrected chi connectivity index (χ4v) is 3.63. The summed E-state index contributed by atoms with van der Waals surface area (Å²) in [5.41, 5.74) is 5.88. The average molecular weight is 450 g/mol. The lowest BCUT2D eigenvalue weighted by atomic mass is 10.1. The monoisotopic (exact) mass is 449 g/mol. The molecule has 9 heteroatoms. The molecule has 2 rings (SSSR count). The summed E-state index contributed by atoms with van der Waals surface area (Å²) in [5.74, 6) is -0.165. The zero-order valence-electron chi connectivity index (χ0n) is 18.6. The van der Waals surface area contributed by atoms with Gasteiger partial charge in [0.15, 0.2) is 5.69 Å². The summed E-state index contributed by atoms with van der Waals surface area (Å²) in [6.07, 6.45) is 1.52. The third-order valence-corrected chi connectivity index (χ3v) is 5.34. The van der Waals surface area contributed by atoms with E-state index in [2.05, 4.69) is 10.3 Å². The van der Waals surface area contributed by atoms with Gasteiger partial charge in [-0.1, -0.05) is 57.0 Å². The van der Waals surface area contributed by atoms with Gasteiger partial charge in [0.05, 0.1) is 6.54 Å². The standard InChI is InChI=1S/C22H32ClN5O3/c1-5-6-11-27(18(29)12-25-15(4)16-9-7-8-10-17(16)23)19-20(24)28(13-14(2)3)22(31)26-21(19)30/h7-10,14-15,25H,5-6,11-13,24H2,1-4H3,(H,26,30,31)/t15-/m1/s1. The quantitative estimate of drug-likeness (QED) is 0.516. The summed E-state index contributed by atoms with van der Waals surface area (Å²) in [5, 5.41) is 3.78. The van der Waals surface area contributed by atoms with E-state index in [1.165, 1.54) is 9.47 Å². The highest BCUT2D eigenvalue weighted by Gasteiger charge is 2.24. The maximum Gasteiger partial charge on any atom is 0.330 e. The van der Waals surface area contributed by atoms with E-state index >= 15 is 0 Å². The number of hydrogen-bond donors (Lipinski definition) is 3. The minimum Gasteiger partial charge on any atom is -0.383 e. The Kier molecular flexibility index (Phi) is 8.88. The molecule has 8 nitrogen and oxygen atoms in total. The average Bonchev–Trinajstić information content (AvgIpc) is 2.71. The highest BCUT2D eigenvalue weighted by molar-refractivity contribution is 6.31. The molecule has 0 spiro atoms. The zero-order valence-corrected chi connectivity index (χ0v) is 19.3. The molecule has 0 saturated heterocycles. The van der Waals surface area contributed by atoms with E-state index in [1.807, 2.05) is 45.9 Å². The van der Waals surface area contributed by atoms with Crippen LogP contribution in [0.2, 0.25) is 5.02 Å². The van der Waals surface area contributed by atoms with Crippen molar-refractivity contribution in [1.29, 1.82) is 0 Å². The van der Waals surface area contributed by atoms with Crippen LogP contribution in [-0.2, 0) is 11.3 Å². The third kappa shape index (κ3) is 6.21. The van der Waals surface area contributed by atoms with E-state index in [9.17, 15) is 14.4 Å². The minimum atomic E-state index is -0.661. The lowest BCUT2D eigenvalue weighted by Gasteiger charge is -2.26. The molecule has 1 atom stereocenters. The lowest BCUT2D eigenvalue weighted by Crippen LogP contribution is -2.45. The van der Waals surface area contributed by atoms with Gasteiger partial charge in [-0.2, -0.15) is 0 Å². The maximum absolute atomic E-state index is 13.1. The number of anilines is 2. The molecule has 1 amide bonds. The SMILES string of the molecule is CCCCN(C(=O)CN[C@H](C)c1ccccc1Cl)c1c(N)n(CC(C)C)c(=O)[nH]c1=O. The second-order valence-corrected chi connectivity index (χ2v) is 8.43. The van der Waals surface area contributed by atoms with E-state index in [4.69, 9.17) is 17.3 Å². The summed E-state index contributed by atoms with van der Waals surface area (Å²) in [4.78, 5) is 41.7. The van der Waals surface area contributed by atoms with Gasteiger partial charge < -0.3 is 16.0 Å². The van der Waals surface area contributed by atoms with Crippen molar-refractivity contribution < 1.29 is 4.79 Å². The Hall–Kier alpha value is -2.58. The lowest BCUT2D eigenvalue weighted by molar-refractivity contribution is -0.118. The number of nitrogens with two attached hydrogens (primary N) is 1. The summed E-state index contributed by atoms with van der Waals surface area (Å²) in [6, 6.07) is 7.24. The molecule has 1 aromatic heterocycles. The maximum atomic E-state index is 13.1. The van der Waals surface area contributed by atoms with Gasteiger partial charge in [-0.25, -0.2) is 4.79 Å². The number of halogens is 1. The smallest absolute Gasteiger partial charge is 0.330 e. The van der Waals surface area contributed by atoms with Crippen molar-refractivity contribution in [2.75, 3.05) is 23.7 Å². The molecular weight excluding hydrogens is 418 g/mol. The number of H-pyrrole nitrogens is 1. The highest BCUT2D eigenvalue weighted by atomic mass is 35.5. The fraction of sp³-hybridized carbons (Fsp3) is 0.500. The Labute approximate surface area is 187 Å². The molecule has 170 valence electrons. The molecule has 1 aromatic carbocycles. The van der Waals surface area contributed by atoms with E-state index in [-0.39, 0.29) is 35.9 Å². The van der Waals surface area contributed by atoms with Crippen LogP contribution in [0, 0.1) is 5.92 Å². The zero-order chi connectivity index (χ0) is 23.1. The van der Waals surface area contributed by atoms with Crippen molar-refractivity contribution in [3.05, 3.63) is 55.7 Å².